The average molecular weight is 296 g/mol. The molecule has 2 N–H and O–H groups in total. The van der Waals surface area contributed by atoms with E-state index in [9.17, 15) is 9.59 Å². The average Bonchev–Trinajstić information content (AvgIpc) is 2.97. The van der Waals surface area contributed by atoms with E-state index < -0.39 is 6.10 Å². The minimum absolute atomic E-state index is 0.358. The van der Waals surface area contributed by atoms with Crippen LogP contribution in [0, 0.1) is 6.92 Å². The zero-order chi connectivity index (χ0) is 15.5. The summed E-state index contributed by atoms with van der Waals surface area (Å²) in [5.74, 6) is -0.00645. The largest absolute Gasteiger partial charge is 0.480 e. The number of para-hydroxylation sites is 1. The predicted molar refractivity (Wildman–Crippen MR) is 81.3 cm³/mol. The van der Waals surface area contributed by atoms with Gasteiger partial charge in [0.15, 0.2) is 6.10 Å². The van der Waals surface area contributed by atoms with E-state index in [1.165, 1.54) is 0 Å². The summed E-state index contributed by atoms with van der Waals surface area (Å²) in [6.45, 7) is 1.94. The Morgan fingerprint density at radius 1 is 1.05 bits per heavy atom. The lowest BCUT2D eigenvalue weighted by Crippen LogP contribution is -2.47. The highest BCUT2D eigenvalue weighted by atomic mass is 16.5. The fourth-order valence-corrected chi connectivity index (χ4v) is 2.30. The SMILES string of the molecule is Cc1ccc(C(=O)NNC(=O)[C@@H]2Cc3ccccc3O2)cc1. The lowest BCUT2D eigenvalue weighted by molar-refractivity contribution is -0.128. The van der Waals surface area contributed by atoms with Crippen LogP contribution >= 0.6 is 0 Å². The molecule has 3 rings (SSSR count). The van der Waals surface area contributed by atoms with E-state index in [1.54, 1.807) is 12.1 Å². The van der Waals surface area contributed by atoms with Crippen LogP contribution in [-0.2, 0) is 11.2 Å². The Balaban J connectivity index is 1.55. The molecular formula is C17H16N2O3. The number of hydrogen-bond donors (Lipinski definition) is 2. The highest BCUT2D eigenvalue weighted by Crippen LogP contribution is 2.27. The summed E-state index contributed by atoms with van der Waals surface area (Å²) < 4.78 is 5.56. The molecule has 5 heteroatoms. The minimum atomic E-state index is -0.615. The van der Waals surface area contributed by atoms with Gasteiger partial charge in [0.2, 0.25) is 0 Å². The van der Waals surface area contributed by atoms with Crippen molar-refractivity contribution in [2.45, 2.75) is 19.4 Å². The predicted octanol–water partition coefficient (Wildman–Crippen LogP) is 1.76. The van der Waals surface area contributed by atoms with Crippen molar-refractivity contribution in [2.24, 2.45) is 0 Å². The highest BCUT2D eigenvalue weighted by molar-refractivity contribution is 5.95. The third-order valence-electron chi connectivity index (χ3n) is 3.55. The fourth-order valence-electron chi connectivity index (χ4n) is 2.30. The first kappa shape index (κ1) is 14.1. The van der Waals surface area contributed by atoms with Gasteiger partial charge in [-0.05, 0) is 30.7 Å². The summed E-state index contributed by atoms with van der Waals surface area (Å²) in [5.41, 5.74) is 7.36. The first-order valence-electron chi connectivity index (χ1n) is 7.05. The van der Waals surface area contributed by atoms with Gasteiger partial charge in [0.05, 0.1) is 0 Å². The maximum atomic E-state index is 12.1. The van der Waals surface area contributed by atoms with Crippen molar-refractivity contribution < 1.29 is 14.3 Å². The standard InChI is InChI=1S/C17H16N2O3/c1-11-6-8-12(9-7-11)16(20)18-19-17(21)15-10-13-4-2-3-5-14(13)22-15/h2-9,15H,10H2,1H3,(H,18,20)(H,19,21)/t15-/m0/s1. The van der Waals surface area contributed by atoms with E-state index in [2.05, 4.69) is 10.9 Å². The monoisotopic (exact) mass is 296 g/mol. The molecule has 0 unspecified atom stereocenters. The second-order valence-corrected chi connectivity index (χ2v) is 5.23. The smallest absolute Gasteiger partial charge is 0.279 e. The Bertz CT molecular complexity index is 685. The van der Waals surface area contributed by atoms with Crippen LogP contribution in [0.1, 0.15) is 21.5 Å². The Kier molecular flexibility index (Phi) is 3.78. The number of amides is 2. The summed E-state index contributed by atoms with van der Waals surface area (Å²) in [5, 5.41) is 0. The highest BCUT2D eigenvalue weighted by Gasteiger charge is 2.28. The first-order chi connectivity index (χ1) is 10.6. The lowest BCUT2D eigenvalue weighted by Gasteiger charge is -2.12. The number of rotatable bonds is 2. The third kappa shape index (κ3) is 2.93. The van der Waals surface area contributed by atoms with Gasteiger partial charge in [0.25, 0.3) is 11.8 Å². The maximum Gasteiger partial charge on any atom is 0.279 e. The number of nitrogens with one attached hydrogen (secondary N) is 2. The van der Waals surface area contributed by atoms with Gasteiger partial charge < -0.3 is 4.74 Å². The van der Waals surface area contributed by atoms with Crippen molar-refractivity contribution >= 4 is 11.8 Å². The van der Waals surface area contributed by atoms with Crippen LogP contribution in [0.2, 0.25) is 0 Å². The molecule has 0 aliphatic carbocycles. The lowest BCUT2D eigenvalue weighted by atomic mass is 10.1. The van der Waals surface area contributed by atoms with E-state index in [-0.39, 0.29) is 11.8 Å². The van der Waals surface area contributed by atoms with E-state index in [0.717, 1.165) is 11.1 Å². The Morgan fingerprint density at radius 2 is 1.77 bits per heavy atom. The van der Waals surface area contributed by atoms with Gasteiger partial charge >= 0.3 is 0 Å². The number of carbonyl (C=O) groups excluding carboxylic acids is 2. The normalized spacial score (nSPS) is 15.6. The molecule has 0 spiro atoms. The van der Waals surface area contributed by atoms with E-state index in [1.807, 2.05) is 43.3 Å². The number of carbonyl (C=O) groups is 2. The van der Waals surface area contributed by atoms with Crippen LogP contribution in [0.5, 0.6) is 5.75 Å². The summed E-state index contributed by atoms with van der Waals surface area (Å²) in [6, 6.07) is 14.6. The van der Waals surface area contributed by atoms with Crippen molar-refractivity contribution in [1.29, 1.82) is 0 Å². The van der Waals surface area contributed by atoms with E-state index in [0.29, 0.717) is 17.7 Å². The molecule has 0 bridgehead atoms. The molecule has 112 valence electrons. The molecule has 2 aromatic carbocycles. The zero-order valence-electron chi connectivity index (χ0n) is 12.1. The Labute approximate surface area is 128 Å². The first-order valence-corrected chi connectivity index (χ1v) is 7.05. The molecule has 5 nitrogen and oxygen atoms in total. The maximum absolute atomic E-state index is 12.1. The van der Waals surface area contributed by atoms with Crippen molar-refractivity contribution in [2.75, 3.05) is 0 Å². The molecule has 2 amide bonds. The van der Waals surface area contributed by atoms with Crippen LogP contribution in [0.3, 0.4) is 0 Å². The Morgan fingerprint density at radius 3 is 2.50 bits per heavy atom. The van der Waals surface area contributed by atoms with Gasteiger partial charge in [-0.15, -0.1) is 0 Å². The molecule has 22 heavy (non-hydrogen) atoms. The second-order valence-electron chi connectivity index (χ2n) is 5.23. The van der Waals surface area contributed by atoms with Crippen molar-refractivity contribution in [3.63, 3.8) is 0 Å². The molecule has 2 aromatic rings. The van der Waals surface area contributed by atoms with Gasteiger partial charge in [0, 0.05) is 12.0 Å². The van der Waals surface area contributed by atoms with Crippen LogP contribution in [0.4, 0.5) is 0 Å². The molecule has 0 aromatic heterocycles. The van der Waals surface area contributed by atoms with Crippen molar-refractivity contribution in [3.8, 4) is 5.75 Å². The van der Waals surface area contributed by atoms with Crippen LogP contribution in [-0.4, -0.2) is 17.9 Å². The van der Waals surface area contributed by atoms with Crippen molar-refractivity contribution in [1.82, 2.24) is 10.9 Å². The molecule has 0 fully saturated rings. The number of hydrazine groups is 1. The number of ether oxygens (including phenoxy) is 1. The molecule has 1 aliphatic heterocycles. The number of benzene rings is 2. The molecular weight excluding hydrogens is 280 g/mol. The molecule has 0 saturated carbocycles. The summed E-state index contributed by atoms with van der Waals surface area (Å²) in [4.78, 5) is 24.0. The summed E-state index contributed by atoms with van der Waals surface area (Å²) in [7, 11) is 0. The van der Waals surface area contributed by atoms with Gasteiger partial charge in [-0.25, -0.2) is 0 Å². The molecule has 1 aliphatic rings. The fraction of sp³-hybridized carbons (Fsp3) is 0.176. The van der Waals surface area contributed by atoms with Gasteiger partial charge in [-0.2, -0.15) is 0 Å². The van der Waals surface area contributed by atoms with E-state index >= 15 is 0 Å². The minimum Gasteiger partial charge on any atom is -0.480 e. The van der Waals surface area contributed by atoms with Crippen molar-refractivity contribution in [3.05, 3.63) is 65.2 Å². The summed E-state index contributed by atoms with van der Waals surface area (Å²) in [6.07, 6.45) is -0.113. The van der Waals surface area contributed by atoms with E-state index in [4.69, 9.17) is 4.74 Å². The molecule has 0 radical (unpaired) electrons. The summed E-state index contributed by atoms with van der Waals surface area (Å²) >= 11 is 0. The molecule has 1 heterocycles. The zero-order valence-corrected chi connectivity index (χ0v) is 12.1. The number of hydrogen-bond acceptors (Lipinski definition) is 3. The van der Waals surface area contributed by atoms with Gasteiger partial charge in [0.1, 0.15) is 5.75 Å². The molecule has 1 atom stereocenters. The topological polar surface area (TPSA) is 67.4 Å². The number of aryl methyl sites for hydroxylation is 1. The quantitative estimate of drug-likeness (QED) is 0.830. The second kappa shape index (κ2) is 5.89. The van der Waals surface area contributed by atoms with Gasteiger partial charge in [-0.3, -0.25) is 20.4 Å². The van der Waals surface area contributed by atoms with Crippen LogP contribution < -0.4 is 15.6 Å². The van der Waals surface area contributed by atoms with Crippen LogP contribution in [0.15, 0.2) is 48.5 Å². The molecule has 0 saturated heterocycles. The third-order valence-corrected chi connectivity index (χ3v) is 3.55. The van der Waals surface area contributed by atoms with Crippen LogP contribution in [0.25, 0.3) is 0 Å². The number of fused-ring (bicyclic) bond motifs is 1. The Hall–Kier alpha value is -2.82. The van der Waals surface area contributed by atoms with Gasteiger partial charge in [-0.1, -0.05) is 35.9 Å².